The van der Waals surface area contributed by atoms with Crippen LogP contribution in [0.2, 0.25) is 5.02 Å². The van der Waals surface area contributed by atoms with E-state index >= 15 is 0 Å². The van der Waals surface area contributed by atoms with Gasteiger partial charge in [0.15, 0.2) is 5.13 Å². The number of amides is 1. The Morgan fingerprint density at radius 2 is 1.88 bits per heavy atom. The van der Waals surface area contributed by atoms with Gasteiger partial charge < -0.3 is 10.1 Å². The monoisotopic (exact) mass is 386 g/mol. The van der Waals surface area contributed by atoms with Crippen LogP contribution in [0.15, 0.2) is 53.9 Å². The summed E-state index contributed by atoms with van der Waals surface area (Å²) in [6.45, 7) is 0. The number of hydrogen-bond donors (Lipinski definition) is 1. The van der Waals surface area contributed by atoms with Crippen molar-refractivity contribution in [3.63, 3.8) is 0 Å². The van der Waals surface area contributed by atoms with Crippen molar-refractivity contribution in [2.24, 2.45) is 0 Å². The standard InChI is InChI=1S/C20H19ClN2O2S/c1-25-17-11-7-15(8-12-17)18-13-26-20(22-18)23-19(24)4-2-3-14-5-9-16(21)10-6-14/h5-13H,2-4H2,1H3,(H,22,23,24). The van der Waals surface area contributed by atoms with E-state index in [0.717, 1.165) is 34.9 Å². The number of benzene rings is 2. The Balaban J connectivity index is 1.50. The van der Waals surface area contributed by atoms with Gasteiger partial charge in [-0.25, -0.2) is 4.98 Å². The number of rotatable bonds is 7. The lowest BCUT2D eigenvalue weighted by Gasteiger charge is -2.03. The van der Waals surface area contributed by atoms with Gasteiger partial charge in [0.05, 0.1) is 12.8 Å². The first-order valence-electron chi connectivity index (χ1n) is 8.28. The second-order valence-electron chi connectivity index (χ2n) is 5.79. The van der Waals surface area contributed by atoms with Gasteiger partial charge in [-0.1, -0.05) is 23.7 Å². The van der Waals surface area contributed by atoms with Crippen molar-refractivity contribution in [1.82, 2.24) is 4.98 Å². The molecule has 0 aliphatic heterocycles. The van der Waals surface area contributed by atoms with Crippen molar-refractivity contribution >= 4 is 34.0 Å². The zero-order valence-electron chi connectivity index (χ0n) is 14.4. The molecule has 1 amide bonds. The highest BCUT2D eigenvalue weighted by Crippen LogP contribution is 2.26. The molecule has 26 heavy (non-hydrogen) atoms. The van der Waals surface area contributed by atoms with Crippen LogP contribution in [0.3, 0.4) is 0 Å². The minimum atomic E-state index is -0.0189. The van der Waals surface area contributed by atoms with Gasteiger partial charge in [0, 0.05) is 22.4 Å². The fourth-order valence-electron chi connectivity index (χ4n) is 2.51. The van der Waals surface area contributed by atoms with E-state index in [4.69, 9.17) is 16.3 Å². The molecule has 0 saturated carbocycles. The lowest BCUT2D eigenvalue weighted by molar-refractivity contribution is -0.116. The summed E-state index contributed by atoms with van der Waals surface area (Å²) in [6.07, 6.45) is 2.09. The maximum Gasteiger partial charge on any atom is 0.226 e. The molecule has 1 aromatic heterocycles. The second kappa shape index (κ2) is 8.83. The van der Waals surface area contributed by atoms with Gasteiger partial charge in [-0.3, -0.25) is 4.79 Å². The third-order valence-corrected chi connectivity index (χ3v) is 4.93. The summed E-state index contributed by atoms with van der Waals surface area (Å²) in [5.74, 6) is 0.785. The molecule has 4 nitrogen and oxygen atoms in total. The van der Waals surface area contributed by atoms with Crippen molar-refractivity contribution in [2.45, 2.75) is 19.3 Å². The SMILES string of the molecule is COc1ccc(-c2csc(NC(=O)CCCc3ccc(Cl)cc3)n2)cc1. The highest BCUT2D eigenvalue weighted by Gasteiger charge is 2.08. The van der Waals surface area contributed by atoms with Gasteiger partial charge in [-0.05, 0) is 54.8 Å². The Hall–Kier alpha value is -2.37. The van der Waals surface area contributed by atoms with Gasteiger partial charge in [-0.15, -0.1) is 11.3 Å². The van der Waals surface area contributed by atoms with E-state index in [2.05, 4.69) is 10.3 Å². The number of nitrogens with one attached hydrogen (secondary N) is 1. The highest BCUT2D eigenvalue weighted by atomic mass is 35.5. The van der Waals surface area contributed by atoms with E-state index in [-0.39, 0.29) is 5.91 Å². The molecule has 0 fully saturated rings. The number of hydrogen-bond acceptors (Lipinski definition) is 4. The van der Waals surface area contributed by atoms with E-state index in [1.807, 2.05) is 53.9 Å². The number of anilines is 1. The first-order chi connectivity index (χ1) is 12.6. The Morgan fingerprint density at radius 1 is 1.15 bits per heavy atom. The molecular formula is C20H19ClN2O2S. The third kappa shape index (κ3) is 5.07. The number of aryl methyl sites for hydroxylation is 1. The van der Waals surface area contributed by atoms with Crippen LogP contribution in [0.4, 0.5) is 5.13 Å². The zero-order chi connectivity index (χ0) is 18.4. The largest absolute Gasteiger partial charge is 0.497 e. The van der Waals surface area contributed by atoms with Crippen molar-refractivity contribution in [2.75, 3.05) is 12.4 Å². The number of thiazole rings is 1. The predicted octanol–water partition coefficient (Wildman–Crippen LogP) is 5.43. The summed E-state index contributed by atoms with van der Waals surface area (Å²) in [5.41, 5.74) is 3.01. The minimum Gasteiger partial charge on any atom is -0.497 e. The Morgan fingerprint density at radius 3 is 2.58 bits per heavy atom. The van der Waals surface area contributed by atoms with Crippen molar-refractivity contribution in [1.29, 1.82) is 0 Å². The molecule has 0 saturated heterocycles. The van der Waals surface area contributed by atoms with Crippen molar-refractivity contribution in [3.8, 4) is 17.0 Å². The minimum absolute atomic E-state index is 0.0189. The molecule has 0 bridgehead atoms. The molecule has 3 aromatic rings. The van der Waals surface area contributed by atoms with Gasteiger partial charge in [0.1, 0.15) is 5.75 Å². The Bertz CT molecular complexity index is 860. The maximum absolute atomic E-state index is 12.1. The maximum atomic E-state index is 12.1. The van der Waals surface area contributed by atoms with Gasteiger partial charge in [0.25, 0.3) is 0 Å². The number of halogens is 1. The van der Waals surface area contributed by atoms with Crippen LogP contribution in [-0.4, -0.2) is 18.0 Å². The zero-order valence-corrected chi connectivity index (χ0v) is 15.9. The molecule has 0 atom stereocenters. The fourth-order valence-corrected chi connectivity index (χ4v) is 3.37. The van der Waals surface area contributed by atoms with E-state index < -0.39 is 0 Å². The second-order valence-corrected chi connectivity index (χ2v) is 7.09. The number of carbonyl (C=O) groups is 1. The first kappa shape index (κ1) is 18.4. The average Bonchev–Trinajstić information content (AvgIpc) is 3.12. The van der Waals surface area contributed by atoms with Crippen LogP contribution in [-0.2, 0) is 11.2 Å². The quantitative estimate of drug-likeness (QED) is 0.588. The van der Waals surface area contributed by atoms with E-state index in [1.165, 1.54) is 16.9 Å². The van der Waals surface area contributed by atoms with E-state index in [1.54, 1.807) is 7.11 Å². The van der Waals surface area contributed by atoms with Crippen molar-refractivity contribution < 1.29 is 9.53 Å². The highest BCUT2D eigenvalue weighted by molar-refractivity contribution is 7.14. The Kier molecular flexibility index (Phi) is 6.26. The lowest BCUT2D eigenvalue weighted by Crippen LogP contribution is -2.11. The van der Waals surface area contributed by atoms with Crippen LogP contribution in [0.1, 0.15) is 18.4 Å². The molecular weight excluding hydrogens is 368 g/mol. The summed E-state index contributed by atoms with van der Waals surface area (Å²) in [4.78, 5) is 16.6. The summed E-state index contributed by atoms with van der Waals surface area (Å²) >= 11 is 7.30. The van der Waals surface area contributed by atoms with Gasteiger partial charge in [-0.2, -0.15) is 0 Å². The Labute approximate surface area is 161 Å². The van der Waals surface area contributed by atoms with Crippen LogP contribution in [0.5, 0.6) is 5.75 Å². The molecule has 1 heterocycles. The molecule has 0 aliphatic rings. The van der Waals surface area contributed by atoms with Crippen LogP contribution < -0.4 is 10.1 Å². The van der Waals surface area contributed by atoms with Crippen LogP contribution in [0.25, 0.3) is 11.3 Å². The summed E-state index contributed by atoms with van der Waals surface area (Å²) in [6, 6.07) is 15.4. The summed E-state index contributed by atoms with van der Waals surface area (Å²) < 4.78 is 5.16. The molecule has 134 valence electrons. The molecule has 3 rings (SSSR count). The van der Waals surface area contributed by atoms with E-state index in [9.17, 15) is 4.79 Å². The van der Waals surface area contributed by atoms with Crippen LogP contribution in [0, 0.1) is 0 Å². The molecule has 2 aromatic carbocycles. The normalized spacial score (nSPS) is 10.5. The number of ether oxygens (including phenoxy) is 1. The van der Waals surface area contributed by atoms with Crippen molar-refractivity contribution in [3.05, 3.63) is 64.5 Å². The number of methoxy groups -OCH3 is 1. The topological polar surface area (TPSA) is 51.2 Å². The molecule has 0 unspecified atom stereocenters. The van der Waals surface area contributed by atoms with Gasteiger partial charge in [0.2, 0.25) is 5.91 Å². The average molecular weight is 387 g/mol. The van der Waals surface area contributed by atoms with Crippen LogP contribution >= 0.6 is 22.9 Å². The molecule has 6 heteroatoms. The summed E-state index contributed by atoms with van der Waals surface area (Å²) in [5, 5.41) is 6.15. The van der Waals surface area contributed by atoms with Gasteiger partial charge >= 0.3 is 0 Å². The predicted molar refractivity (Wildman–Crippen MR) is 107 cm³/mol. The fraction of sp³-hybridized carbons (Fsp3) is 0.200. The molecule has 1 N–H and O–H groups in total. The molecule has 0 aliphatic carbocycles. The lowest BCUT2D eigenvalue weighted by atomic mass is 10.1. The smallest absolute Gasteiger partial charge is 0.226 e. The molecule has 0 radical (unpaired) electrons. The number of nitrogens with zero attached hydrogens (tertiary/aromatic N) is 1. The van der Waals surface area contributed by atoms with E-state index in [0.29, 0.717) is 11.6 Å². The summed E-state index contributed by atoms with van der Waals surface area (Å²) in [7, 11) is 1.64. The number of carbonyl (C=O) groups excluding carboxylic acids is 1. The molecule has 0 spiro atoms. The number of aromatic nitrogens is 1. The third-order valence-electron chi connectivity index (χ3n) is 3.92. The first-order valence-corrected chi connectivity index (χ1v) is 9.54.